The van der Waals surface area contributed by atoms with E-state index in [0.29, 0.717) is 5.92 Å². The Balaban J connectivity index is 1.40. The smallest absolute Gasteiger partial charge is 0.174 e. The van der Waals surface area contributed by atoms with Gasteiger partial charge < -0.3 is 9.30 Å². The lowest BCUT2D eigenvalue weighted by Gasteiger charge is -2.22. The average Bonchev–Trinajstić information content (AvgIpc) is 3.43. The van der Waals surface area contributed by atoms with E-state index in [-0.39, 0.29) is 0 Å². The zero-order valence-electron chi connectivity index (χ0n) is 18.7. The molecule has 0 radical (unpaired) electrons. The third kappa shape index (κ3) is 3.96. The molecule has 0 saturated carbocycles. The summed E-state index contributed by atoms with van der Waals surface area (Å²) in [5, 5.41) is 4.74. The normalized spacial score (nSPS) is 15.8. The van der Waals surface area contributed by atoms with Gasteiger partial charge in [-0.05, 0) is 56.0 Å². The number of rotatable bonds is 5. The average molecular weight is 426 g/mol. The molecule has 4 aromatic rings. The number of hydrogen-bond acceptors (Lipinski definition) is 4. The molecule has 0 bridgehead atoms. The second kappa shape index (κ2) is 8.46. The monoisotopic (exact) mass is 425 g/mol. The summed E-state index contributed by atoms with van der Waals surface area (Å²) in [5.41, 5.74) is 5.55. The van der Waals surface area contributed by atoms with Gasteiger partial charge in [0.2, 0.25) is 0 Å². The number of fused-ring (bicyclic) bond motifs is 1. The maximum Gasteiger partial charge on any atom is 0.174 e. The Hall–Kier alpha value is -3.67. The molecular weight excluding hydrogens is 398 g/mol. The van der Waals surface area contributed by atoms with Crippen molar-refractivity contribution in [2.24, 2.45) is 0 Å². The fourth-order valence-corrected chi connectivity index (χ4v) is 4.29. The van der Waals surface area contributed by atoms with Crippen molar-refractivity contribution in [1.29, 1.82) is 0 Å². The van der Waals surface area contributed by atoms with Gasteiger partial charge in [-0.25, -0.2) is 14.6 Å². The van der Waals surface area contributed by atoms with Gasteiger partial charge in [-0.3, -0.25) is 0 Å². The molecule has 1 atom stereocenters. The summed E-state index contributed by atoms with van der Waals surface area (Å²) in [5.74, 6) is 2.90. The molecule has 0 N–H and O–H groups in total. The zero-order valence-corrected chi connectivity index (χ0v) is 18.7. The molecule has 162 valence electrons. The standard InChI is InChI=1S/C26H27N5O/c1-18-6-10-21(11-7-18)22-5-4-14-31-26(22)28-25(29-31)13-9-20-8-12-23(24(15-20)32-3)30-16-19(2)27-17-30/h6-13,15-17,22H,4-5,14H2,1-3H3/t22-/m0/s1. The van der Waals surface area contributed by atoms with Gasteiger partial charge in [0.05, 0.1) is 24.8 Å². The molecule has 2 aromatic carbocycles. The molecule has 32 heavy (non-hydrogen) atoms. The molecular formula is C26H27N5O. The van der Waals surface area contributed by atoms with Gasteiger partial charge in [-0.2, -0.15) is 5.10 Å². The van der Waals surface area contributed by atoms with Gasteiger partial charge >= 0.3 is 0 Å². The SMILES string of the molecule is COc1cc(C=Cc2nc3n(n2)CCC[C@H]3c2ccc(C)cc2)ccc1-n1cnc(C)c1. The van der Waals surface area contributed by atoms with Crippen LogP contribution in [0.3, 0.4) is 0 Å². The zero-order chi connectivity index (χ0) is 22.1. The largest absolute Gasteiger partial charge is 0.495 e. The first-order chi connectivity index (χ1) is 15.6. The third-order valence-electron chi connectivity index (χ3n) is 5.99. The maximum atomic E-state index is 5.62. The number of methoxy groups -OCH3 is 1. The van der Waals surface area contributed by atoms with Crippen LogP contribution in [0.5, 0.6) is 5.75 Å². The molecule has 0 unspecified atom stereocenters. The van der Waals surface area contributed by atoms with E-state index in [2.05, 4.69) is 46.9 Å². The van der Waals surface area contributed by atoms with E-state index >= 15 is 0 Å². The quantitative estimate of drug-likeness (QED) is 0.442. The van der Waals surface area contributed by atoms with E-state index in [1.54, 1.807) is 13.4 Å². The van der Waals surface area contributed by atoms with E-state index in [4.69, 9.17) is 14.8 Å². The van der Waals surface area contributed by atoms with Crippen molar-refractivity contribution in [2.45, 2.75) is 39.2 Å². The highest BCUT2D eigenvalue weighted by atomic mass is 16.5. The third-order valence-corrected chi connectivity index (χ3v) is 5.99. The molecule has 6 nitrogen and oxygen atoms in total. The van der Waals surface area contributed by atoms with Crippen molar-refractivity contribution in [2.75, 3.05) is 7.11 Å². The summed E-state index contributed by atoms with van der Waals surface area (Å²) >= 11 is 0. The van der Waals surface area contributed by atoms with E-state index in [1.807, 2.05) is 42.0 Å². The van der Waals surface area contributed by atoms with Crippen LogP contribution in [0.25, 0.3) is 17.8 Å². The first-order valence-electron chi connectivity index (χ1n) is 11.0. The van der Waals surface area contributed by atoms with Crippen LogP contribution < -0.4 is 4.74 Å². The Labute approximate surface area is 188 Å². The Bertz CT molecular complexity index is 1270. The first-order valence-corrected chi connectivity index (χ1v) is 11.0. The molecule has 5 rings (SSSR count). The summed E-state index contributed by atoms with van der Waals surface area (Å²) in [6.45, 7) is 5.01. The molecule has 0 saturated heterocycles. The van der Waals surface area contributed by atoms with Gasteiger partial charge in [-0.15, -0.1) is 0 Å². The van der Waals surface area contributed by atoms with E-state index in [1.165, 1.54) is 11.1 Å². The lowest BCUT2D eigenvalue weighted by molar-refractivity contribution is 0.413. The number of aromatic nitrogens is 5. The van der Waals surface area contributed by atoms with E-state index in [9.17, 15) is 0 Å². The summed E-state index contributed by atoms with van der Waals surface area (Å²) in [6.07, 6.45) is 10.0. The molecule has 0 fully saturated rings. The minimum absolute atomic E-state index is 0.303. The van der Waals surface area contributed by atoms with Crippen molar-refractivity contribution in [3.63, 3.8) is 0 Å². The van der Waals surface area contributed by atoms with Crippen LogP contribution in [0.15, 0.2) is 55.0 Å². The highest BCUT2D eigenvalue weighted by molar-refractivity contribution is 5.69. The van der Waals surface area contributed by atoms with E-state index < -0.39 is 0 Å². The summed E-state index contributed by atoms with van der Waals surface area (Å²) < 4.78 is 9.66. The molecule has 1 aliphatic heterocycles. The predicted octanol–water partition coefficient (Wildman–Crippen LogP) is 5.19. The Morgan fingerprint density at radius 3 is 2.66 bits per heavy atom. The Morgan fingerprint density at radius 2 is 1.91 bits per heavy atom. The molecule has 0 spiro atoms. The van der Waals surface area contributed by atoms with Crippen LogP contribution in [0.1, 0.15) is 52.8 Å². The minimum Gasteiger partial charge on any atom is -0.495 e. The summed E-state index contributed by atoms with van der Waals surface area (Å²) in [6, 6.07) is 14.9. The number of nitrogens with zero attached hydrogens (tertiary/aromatic N) is 5. The van der Waals surface area contributed by atoms with Crippen LogP contribution in [-0.2, 0) is 6.54 Å². The lowest BCUT2D eigenvalue weighted by Crippen LogP contribution is -2.17. The van der Waals surface area contributed by atoms with Crippen molar-refractivity contribution in [1.82, 2.24) is 24.3 Å². The van der Waals surface area contributed by atoms with Gasteiger partial charge in [-0.1, -0.05) is 42.0 Å². The number of hydrogen-bond donors (Lipinski definition) is 0. The Kier molecular flexibility index (Phi) is 5.35. The number of aryl methyl sites for hydroxylation is 3. The van der Waals surface area contributed by atoms with E-state index in [0.717, 1.165) is 53.7 Å². The second-order valence-corrected chi connectivity index (χ2v) is 8.34. The topological polar surface area (TPSA) is 57.8 Å². The predicted molar refractivity (Wildman–Crippen MR) is 126 cm³/mol. The minimum atomic E-state index is 0.303. The van der Waals surface area contributed by atoms with Crippen LogP contribution in [-0.4, -0.2) is 31.4 Å². The molecule has 3 heterocycles. The molecule has 2 aromatic heterocycles. The highest BCUT2D eigenvalue weighted by Crippen LogP contribution is 2.32. The molecule has 6 heteroatoms. The molecule has 1 aliphatic rings. The van der Waals surface area contributed by atoms with Crippen molar-refractivity contribution >= 4 is 12.2 Å². The van der Waals surface area contributed by atoms with Crippen molar-refractivity contribution < 1.29 is 4.74 Å². The van der Waals surface area contributed by atoms with Crippen LogP contribution in [0.2, 0.25) is 0 Å². The first kappa shape index (κ1) is 20.2. The van der Waals surface area contributed by atoms with Gasteiger partial charge in [0.15, 0.2) is 5.82 Å². The number of imidazole rings is 1. The number of ether oxygens (including phenoxy) is 1. The van der Waals surface area contributed by atoms with Crippen LogP contribution in [0.4, 0.5) is 0 Å². The molecule has 0 amide bonds. The van der Waals surface area contributed by atoms with Gasteiger partial charge in [0.1, 0.15) is 11.6 Å². The van der Waals surface area contributed by atoms with Gasteiger partial charge in [0.25, 0.3) is 0 Å². The maximum absolute atomic E-state index is 5.62. The number of benzene rings is 2. The van der Waals surface area contributed by atoms with Crippen LogP contribution in [0, 0.1) is 13.8 Å². The Morgan fingerprint density at radius 1 is 1.06 bits per heavy atom. The lowest BCUT2D eigenvalue weighted by atomic mass is 9.91. The fraction of sp³-hybridized carbons (Fsp3) is 0.269. The van der Waals surface area contributed by atoms with Crippen molar-refractivity contribution in [3.8, 4) is 11.4 Å². The highest BCUT2D eigenvalue weighted by Gasteiger charge is 2.25. The second-order valence-electron chi connectivity index (χ2n) is 8.34. The summed E-state index contributed by atoms with van der Waals surface area (Å²) in [4.78, 5) is 9.18. The van der Waals surface area contributed by atoms with Crippen LogP contribution >= 0.6 is 0 Å². The van der Waals surface area contributed by atoms with Crippen molar-refractivity contribution in [3.05, 3.63) is 89.0 Å². The molecule has 0 aliphatic carbocycles. The fourth-order valence-electron chi connectivity index (χ4n) is 4.29. The van der Waals surface area contributed by atoms with Gasteiger partial charge in [0, 0.05) is 18.7 Å². The summed E-state index contributed by atoms with van der Waals surface area (Å²) in [7, 11) is 1.69.